The Morgan fingerprint density at radius 1 is 0.396 bits per heavy atom. The molecule has 1 unspecified atom stereocenters. The van der Waals surface area contributed by atoms with Gasteiger partial charge in [-0.05, 0) is 228 Å². The molecule has 0 aromatic carbocycles. The van der Waals surface area contributed by atoms with E-state index in [-0.39, 0.29) is 107 Å². The zero-order valence-electron chi connectivity index (χ0n) is 63.3. The second-order valence-electron chi connectivity index (χ2n) is 35.1. The van der Waals surface area contributed by atoms with Gasteiger partial charge in [0.05, 0.1) is 46.7 Å². The van der Waals surface area contributed by atoms with Crippen molar-refractivity contribution in [3.8, 4) is 0 Å². The molecule has 0 bridgehead atoms. The lowest BCUT2D eigenvalue weighted by molar-refractivity contribution is -0.188. The number of Topliss-reactive ketones (excluding diaryl/α,β-unsaturated/α-hetero) is 1. The molecular weight excluding hydrogens is 1280 g/mol. The van der Waals surface area contributed by atoms with E-state index in [4.69, 9.17) is 18.9 Å². The number of hydrogen-bond donors (Lipinski definition) is 8. The normalized spacial score (nSPS) is 45.9. The number of ether oxygens (including phenoxy) is 4. The lowest BCUT2D eigenvalue weighted by atomic mass is 9.43. The number of ketones is 1. The lowest BCUT2D eigenvalue weighted by Crippen LogP contribution is -2.60. The third-order valence-corrected chi connectivity index (χ3v) is 30.6. The van der Waals surface area contributed by atoms with Gasteiger partial charge < -0.3 is 59.8 Å². The predicted molar refractivity (Wildman–Crippen MR) is 387 cm³/mol. The minimum atomic E-state index is -0.844. The van der Waals surface area contributed by atoms with Crippen molar-refractivity contribution in [3.63, 3.8) is 0 Å². The van der Waals surface area contributed by atoms with Crippen LogP contribution < -0.4 is 0 Å². The van der Waals surface area contributed by atoms with E-state index in [1.165, 1.54) is 16.7 Å². The lowest BCUT2D eigenvalue weighted by Gasteiger charge is -2.63. The average molecular weight is 1410 g/mol. The molecule has 12 aliphatic rings. The van der Waals surface area contributed by atoms with Crippen molar-refractivity contribution in [2.75, 3.05) is 33.0 Å². The Balaban J connectivity index is 0.000000157. The van der Waals surface area contributed by atoms with Gasteiger partial charge in [-0.25, -0.2) is 19.2 Å². The molecule has 4 heterocycles. The molecule has 17 nitrogen and oxygen atoms in total. The van der Waals surface area contributed by atoms with Crippen LogP contribution in [0.2, 0.25) is 0 Å². The first-order chi connectivity index (χ1) is 47.3. The molecule has 4 aliphatic heterocycles. The van der Waals surface area contributed by atoms with Crippen molar-refractivity contribution in [1.29, 1.82) is 0 Å². The SMILES string of the molecule is C=C1CC[C@@H]2[C@](C)(CC)[C@H](O)CC[C@@]2(C)[C@@H]1C/C=C1/C(=O)OC[C@H]1O.C=C1CC[C@@H]2[C@](C)(CO)[C@H](O)CC[C@@]2(C)[C@@H]1C/C=C1/C(=O)OC[C@H]1O.C=C1CC[C@H]2[C@@](C)(CCC(=O)[C@@]2(C)CC)[C@@H]1C/C=C1/C(=O)OC[C@H]1O.C=C1CC[C@H]2[C@@](C)(CCC(C)(O)[C@@]2(C)CC)[C@@H]1C/C=C1/C(=O)OC[C@H]1O. The standard InChI is InChI=1S/C22H34O4.C21H32O4.C21H30O4.C20H30O5/c1-6-21(4)18-10-7-14(2)16(20(18,3)11-12-22(21,5)25)9-8-15-17(23)13-26-19(15)24;2*1-5-20(3)17-9-6-13(2)15(21(17,4)11-10-18(20)23)8-7-14-16(22)12-25-19(14)24;1-12-4-7-16-19(2,9-8-17(23)20(16,3)11-21)14(12)6-5-13-15(22)10-25-18(13)24/h8,16-18,23,25H,2,6-7,9-13H2,1,3-5H3;7,15-18,22-23H,2,5-6,8-12H2,1,3-4H3;7,15-17,22H,2,5-6,8-12H2,1,3-4H3;5,14-17,21-23H,1,4,6-11H2,2-3H3/b15-8+;2*14-7+;13-5+/t16-,17-,18+,20+,21+,22?;15-,16-,17-,18-,20+,21+;15-,16-,17-,20+,21+;14-,15-,16+,17-,19+,20+/m1111/s1. The molecule has 0 aromatic heterocycles. The maximum absolute atomic E-state index is 12.7. The van der Waals surface area contributed by atoms with E-state index in [2.05, 4.69) is 95.6 Å². The number of aliphatic hydroxyl groups excluding tert-OH is 7. The average Bonchev–Trinajstić information content (AvgIpc) is 0.779. The maximum atomic E-state index is 12.7. The van der Waals surface area contributed by atoms with Crippen LogP contribution in [0.25, 0.3) is 0 Å². The zero-order chi connectivity index (χ0) is 74.5. The van der Waals surface area contributed by atoms with Crippen LogP contribution in [0.3, 0.4) is 0 Å². The Morgan fingerprint density at radius 2 is 0.713 bits per heavy atom. The van der Waals surface area contributed by atoms with Crippen molar-refractivity contribution in [2.24, 2.45) is 90.7 Å². The van der Waals surface area contributed by atoms with Crippen LogP contribution in [-0.2, 0) is 42.9 Å². The van der Waals surface area contributed by atoms with E-state index < -0.39 is 65.4 Å². The van der Waals surface area contributed by atoms with Crippen LogP contribution in [-0.4, -0.2) is 146 Å². The Labute approximate surface area is 602 Å². The molecule has 8 saturated carbocycles. The van der Waals surface area contributed by atoms with Crippen LogP contribution in [0.15, 0.2) is 95.2 Å². The molecule has 0 aromatic rings. The molecule has 564 valence electrons. The largest absolute Gasteiger partial charge is 0.459 e. The highest BCUT2D eigenvalue weighted by Gasteiger charge is 2.63. The van der Waals surface area contributed by atoms with Crippen molar-refractivity contribution in [3.05, 3.63) is 95.2 Å². The Bertz CT molecular complexity index is 3210. The first-order valence-corrected chi connectivity index (χ1v) is 38.4. The fraction of sp³-hybridized carbons (Fsp3) is 0.750. The number of aliphatic hydroxyl groups is 8. The molecule has 12 fully saturated rings. The second-order valence-corrected chi connectivity index (χ2v) is 35.1. The van der Waals surface area contributed by atoms with Crippen LogP contribution in [0, 0.1) is 90.7 Å². The summed E-state index contributed by atoms with van der Waals surface area (Å²) in [7, 11) is 0. The molecule has 101 heavy (non-hydrogen) atoms. The van der Waals surface area contributed by atoms with Crippen molar-refractivity contribution in [1.82, 2.24) is 0 Å². The fourth-order valence-corrected chi connectivity index (χ4v) is 23.1. The summed E-state index contributed by atoms with van der Waals surface area (Å²) in [6, 6.07) is 0. The number of allylic oxidation sites excluding steroid dienone is 8. The minimum absolute atomic E-state index is 0.0124. The molecule has 0 radical (unpaired) electrons. The highest BCUT2D eigenvalue weighted by atomic mass is 16.6. The highest BCUT2D eigenvalue weighted by Crippen LogP contribution is 2.68. The number of esters is 4. The van der Waals surface area contributed by atoms with Gasteiger partial charge in [0.2, 0.25) is 0 Å². The summed E-state index contributed by atoms with van der Waals surface area (Å²) in [5, 5.41) is 82.1. The topological polar surface area (TPSA) is 284 Å². The van der Waals surface area contributed by atoms with Gasteiger partial charge in [-0.15, -0.1) is 0 Å². The van der Waals surface area contributed by atoms with Gasteiger partial charge in [0.25, 0.3) is 0 Å². The summed E-state index contributed by atoms with van der Waals surface area (Å²) in [4.78, 5) is 59.8. The van der Waals surface area contributed by atoms with Crippen molar-refractivity contribution >= 4 is 29.7 Å². The number of carbonyl (C=O) groups excluding carboxylic acids is 5. The second kappa shape index (κ2) is 30.6. The van der Waals surface area contributed by atoms with Gasteiger partial charge in [-0.1, -0.05) is 149 Å². The van der Waals surface area contributed by atoms with Gasteiger partial charge in [-0.3, -0.25) is 4.79 Å². The minimum Gasteiger partial charge on any atom is -0.459 e. The number of hydrogen-bond acceptors (Lipinski definition) is 17. The van der Waals surface area contributed by atoms with Crippen LogP contribution in [0.5, 0.6) is 0 Å². The Morgan fingerprint density at radius 3 is 1.03 bits per heavy atom. The molecule has 0 amide bonds. The van der Waals surface area contributed by atoms with E-state index in [1.807, 2.05) is 38.2 Å². The van der Waals surface area contributed by atoms with E-state index in [1.54, 1.807) is 0 Å². The fourth-order valence-electron chi connectivity index (χ4n) is 23.1. The van der Waals surface area contributed by atoms with Gasteiger partial charge in [0.15, 0.2) is 0 Å². The van der Waals surface area contributed by atoms with Gasteiger partial charge in [0, 0.05) is 17.3 Å². The molecule has 23 atom stereocenters. The number of fused-ring (bicyclic) bond motifs is 4. The van der Waals surface area contributed by atoms with E-state index in [9.17, 15) is 64.8 Å². The van der Waals surface area contributed by atoms with Crippen LogP contribution in [0.1, 0.15) is 231 Å². The summed E-state index contributed by atoms with van der Waals surface area (Å²) in [6.07, 6.45) is 23.3. The maximum Gasteiger partial charge on any atom is 0.336 e. The first-order valence-electron chi connectivity index (χ1n) is 38.4. The summed E-state index contributed by atoms with van der Waals surface area (Å²) in [5.41, 5.74) is 4.80. The van der Waals surface area contributed by atoms with Crippen LogP contribution >= 0.6 is 0 Å². The molecule has 17 heteroatoms. The van der Waals surface area contributed by atoms with E-state index in [0.717, 1.165) is 115 Å². The summed E-state index contributed by atoms with van der Waals surface area (Å²) in [5.74, 6) is 1.10. The summed E-state index contributed by atoms with van der Waals surface area (Å²) in [6.45, 7) is 43.8. The monoisotopic (exact) mass is 1410 g/mol. The first kappa shape index (κ1) is 80.3. The van der Waals surface area contributed by atoms with Gasteiger partial charge >= 0.3 is 23.9 Å². The van der Waals surface area contributed by atoms with Crippen molar-refractivity contribution < 1.29 is 83.8 Å². The summed E-state index contributed by atoms with van der Waals surface area (Å²) >= 11 is 0. The van der Waals surface area contributed by atoms with Gasteiger partial charge in [0.1, 0.15) is 56.6 Å². The Kier molecular flexibility index (Phi) is 24.3. The molecule has 8 aliphatic carbocycles. The number of carbonyl (C=O) groups is 5. The molecule has 12 rings (SSSR count). The molecule has 4 saturated heterocycles. The Hall–Kier alpha value is -4.85. The third kappa shape index (κ3) is 14.4. The van der Waals surface area contributed by atoms with Gasteiger partial charge in [-0.2, -0.15) is 0 Å². The molecular formula is C84H126O17. The van der Waals surface area contributed by atoms with Crippen LogP contribution in [0.4, 0.5) is 0 Å². The van der Waals surface area contributed by atoms with E-state index in [0.29, 0.717) is 84.4 Å². The molecule has 0 spiro atoms. The predicted octanol–water partition coefficient (Wildman–Crippen LogP) is 12.7. The molecule has 8 N–H and O–H groups in total. The quantitative estimate of drug-likeness (QED) is 0.0390. The third-order valence-electron chi connectivity index (χ3n) is 30.6. The summed E-state index contributed by atoms with van der Waals surface area (Å²) < 4.78 is 19.7. The highest BCUT2D eigenvalue weighted by molar-refractivity contribution is 5.93. The zero-order valence-corrected chi connectivity index (χ0v) is 63.3. The van der Waals surface area contributed by atoms with E-state index >= 15 is 0 Å². The smallest absolute Gasteiger partial charge is 0.336 e. The number of cyclic esters (lactones) is 4. The van der Waals surface area contributed by atoms with Crippen molar-refractivity contribution in [2.45, 2.75) is 273 Å². The number of rotatable bonds is 12.